The van der Waals surface area contributed by atoms with Crippen LogP contribution in [0.5, 0.6) is 0 Å². The van der Waals surface area contributed by atoms with E-state index < -0.39 is 0 Å². The summed E-state index contributed by atoms with van der Waals surface area (Å²) in [7, 11) is 0. The van der Waals surface area contributed by atoms with Gasteiger partial charge in [-0.2, -0.15) is 5.10 Å². The molecule has 1 aliphatic rings. The highest BCUT2D eigenvalue weighted by Crippen LogP contribution is 2.27. The number of anilines is 1. The summed E-state index contributed by atoms with van der Waals surface area (Å²) in [5, 5.41) is 5.50. The quantitative estimate of drug-likeness (QED) is 0.564. The van der Waals surface area contributed by atoms with Gasteiger partial charge in [0.2, 0.25) is 0 Å². The van der Waals surface area contributed by atoms with E-state index in [1.54, 1.807) is 11.1 Å². The van der Waals surface area contributed by atoms with Crippen LogP contribution in [0, 0.1) is 0 Å². The zero-order valence-corrected chi connectivity index (χ0v) is 13.3. The lowest BCUT2D eigenvalue weighted by molar-refractivity contribution is 0.181. The molecule has 1 aliphatic heterocycles. The van der Waals surface area contributed by atoms with Crippen LogP contribution >= 0.6 is 0 Å². The van der Waals surface area contributed by atoms with E-state index in [0.717, 1.165) is 33.5 Å². The molecule has 0 N–H and O–H groups in total. The summed E-state index contributed by atoms with van der Waals surface area (Å²) in [6.07, 6.45) is 1.48. The maximum absolute atomic E-state index is 11.7. The maximum atomic E-state index is 11.7. The number of cyclic esters (lactones) is 1. The Labute approximate surface area is 143 Å². The van der Waals surface area contributed by atoms with Gasteiger partial charge < -0.3 is 4.74 Å². The third kappa shape index (κ3) is 2.15. The van der Waals surface area contributed by atoms with Gasteiger partial charge in [0.25, 0.3) is 0 Å². The number of aromatic nitrogens is 3. The Morgan fingerprint density at radius 1 is 1.00 bits per heavy atom. The van der Waals surface area contributed by atoms with Gasteiger partial charge in [-0.25, -0.2) is 14.3 Å². The van der Waals surface area contributed by atoms with Crippen LogP contribution in [0.15, 0.2) is 60.8 Å². The molecule has 0 unspecified atom stereocenters. The molecule has 0 bridgehead atoms. The van der Waals surface area contributed by atoms with Gasteiger partial charge in [-0.05, 0) is 36.4 Å². The Hall–Kier alpha value is -3.41. The number of rotatable bonds is 2. The lowest BCUT2D eigenvalue weighted by atomic mass is 10.1. The van der Waals surface area contributed by atoms with E-state index in [0.29, 0.717) is 13.2 Å². The molecule has 6 heteroatoms. The zero-order chi connectivity index (χ0) is 16.8. The molecule has 0 saturated carbocycles. The van der Waals surface area contributed by atoms with Gasteiger partial charge >= 0.3 is 6.09 Å². The normalized spacial score (nSPS) is 14.4. The first-order valence-electron chi connectivity index (χ1n) is 8.08. The van der Waals surface area contributed by atoms with Gasteiger partial charge in [0.05, 0.1) is 23.8 Å². The predicted octanol–water partition coefficient (Wildman–Crippen LogP) is 3.51. The number of para-hydroxylation sites is 1. The minimum Gasteiger partial charge on any atom is -0.447 e. The van der Waals surface area contributed by atoms with Gasteiger partial charge in [-0.15, -0.1) is 0 Å². The molecule has 2 aromatic heterocycles. The van der Waals surface area contributed by atoms with E-state index in [2.05, 4.69) is 5.10 Å². The summed E-state index contributed by atoms with van der Waals surface area (Å²) >= 11 is 0. The molecular formula is C19H14N4O2. The van der Waals surface area contributed by atoms with Crippen molar-refractivity contribution in [3.8, 4) is 11.4 Å². The third-order valence-electron chi connectivity index (χ3n) is 4.45. The van der Waals surface area contributed by atoms with Gasteiger partial charge in [-0.3, -0.25) is 4.90 Å². The Kier molecular flexibility index (Phi) is 2.97. The Morgan fingerprint density at radius 2 is 1.84 bits per heavy atom. The highest BCUT2D eigenvalue weighted by molar-refractivity contribution is 5.95. The fourth-order valence-electron chi connectivity index (χ4n) is 3.23. The van der Waals surface area contributed by atoms with Crippen LogP contribution in [-0.4, -0.2) is 33.8 Å². The first kappa shape index (κ1) is 14.0. The molecule has 1 amide bonds. The molecule has 1 fully saturated rings. The summed E-state index contributed by atoms with van der Waals surface area (Å²) in [4.78, 5) is 18.1. The second-order valence-corrected chi connectivity index (χ2v) is 5.89. The van der Waals surface area contributed by atoms with Crippen LogP contribution in [0.1, 0.15) is 0 Å². The first-order valence-corrected chi connectivity index (χ1v) is 8.08. The number of benzene rings is 2. The molecule has 3 heterocycles. The number of amides is 1. The average molecular weight is 330 g/mol. The maximum Gasteiger partial charge on any atom is 0.414 e. The molecule has 122 valence electrons. The van der Waals surface area contributed by atoms with Crippen LogP contribution in [0.2, 0.25) is 0 Å². The van der Waals surface area contributed by atoms with E-state index in [1.807, 2.05) is 59.1 Å². The molecule has 4 aromatic rings. The minimum atomic E-state index is -0.300. The second-order valence-electron chi connectivity index (χ2n) is 5.89. The first-order chi connectivity index (χ1) is 12.3. The lowest BCUT2D eigenvalue weighted by Crippen LogP contribution is -2.23. The van der Waals surface area contributed by atoms with Crippen LogP contribution in [-0.2, 0) is 4.74 Å². The van der Waals surface area contributed by atoms with E-state index in [-0.39, 0.29) is 6.09 Å². The predicted molar refractivity (Wildman–Crippen MR) is 94.6 cm³/mol. The van der Waals surface area contributed by atoms with E-state index in [1.165, 1.54) is 0 Å². The highest BCUT2D eigenvalue weighted by Gasteiger charge is 2.23. The Balaban J connectivity index is 1.65. The van der Waals surface area contributed by atoms with Crippen molar-refractivity contribution in [2.24, 2.45) is 0 Å². The summed E-state index contributed by atoms with van der Waals surface area (Å²) in [5.41, 5.74) is 3.71. The lowest BCUT2D eigenvalue weighted by Gasteiger charge is -2.13. The minimum absolute atomic E-state index is 0.300. The van der Waals surface area contributed by atoms with Crippen molar-refractivity contribution in [1.29, 1.82) is 0 Å². The average Bonchev–Trinajstić information content (AvgIpc) is 3.30. The van der Waals surface area contributed by atoms with Crippen molar-refractivity contribution >= 4 is 28.2 Å². The number of carbonyl (C=O) groups is 1. The molecule has 0 radical (unpaired) electrons. The summed E-state index contributed by atoms with van der Waals surface area (Å²) < 4.78 is 6.84. The van der Waals surface area contributed by atoms with Gasteiger partial charge in [-0.1, -0.05) is 18.2 Å². The molecule has 5 rings (SSSR count). The molecule has 0 spiro atoms. The van der Waals surface area contributed by atoms with Crippen molar-refractivity contribution in [3.05, 3.63) is 60.8 Å². The zero-order valence-electron chi connectivity index (χ0n) is 13.3. The summed E-state index contributed by atoms with van der Waals surface area (Å²) in [6.45, 7) is 1.01. The third-order valence-corrected chi connectivity index (χ3v) is 4.45. The fourth-order valence-corrected chi connectivity index (χ4v) is 3.23. The molecule has 2 aromatic carbocycles. The van der Waals surface area contributed by atoms with Crippen LogP contribution in [0.3, 0.4) is 0 Å². The van der Waals surface area contributed by atoms with Gasteiger partial charge in [0.1, 0.15) is 6.61 Å². The number of nitrogens with zero attached hydrogens (tertiary/aromatic N) is 4. The smallest absolute Gasteiger partial charge is 0.414 e. The number of hydrogen-bond acceptors (Lipinski definition) is 4. The van der Waals surface area contributed by atoms with Gasteiger partial charge in [0.15, 0.2) is 5.82 Å². The van der Waals surface area contributed by atoms with E-state index >= 15 is 0 Å². The topological polar surface area (TPSA) is 59.7 Å². The largest absolute Gasteiger partial charge is 0.447 e. The molecule has 25 heavy (non-hydrogen) atoms. The highest BCUT2D eigenvalue weighted by atomic mass is 16.6. The van der Waals surface area contributed by atoms with E-state index in [4.69, 9.17) is 9.72 Å². The number of hydrogen-bond donors (Lipinski definition) is 0. The van der Waals surface area contributed by atoms with Crippen LogP contribution in [0.4, 0.5) is 10.5 Å². The number of fused-ring (bicyclic) bond motifs is 3. The standard InChI is InChI=1S/C19H14N4O2/c24-19-22(11-12-25-19)14-7-5-13(6-8-14)18-21-16-4-2-1-3-15(16)17-9-10-20-23(17)18/h1-10H,11-12H2. The molecule has 0 aliphatic carbocycles. The van der Waals surface area contributed by atoms with Crippen molar-refractivity contribution in [1.82, 2.24) is 14.6 Å². The van der Waals surface area contributed by atoms with Crippen molar-refractivity contribution in [2.45, 2.75) is 0 Å². The van der Waals surface area contributed by atoms with Crippen LogP contribution in [0.25, 0.3) is 27.8 Å². The summed E-state index contributed by atoms with van der Waals surface area (Å²) in [6, 6.07) is 17.8. The summed E-state index contributed by atoms with van der Waals surface area (Å²) in [5.74, 6) is 0.772. The molecule has 6 nitrogen and oxygen atoms in total. The number of ether oxygens (including phenoxy) is 1. The van der Waals surface area contributed by atoms with Crippen molar-refractivity contribution in [2.75, 3.05) is 18.1 Å². The molecule has 0 atom stereocenters. The van der Waals surface area contributed by atoms with Crippen LogP contribution < -0.4 is 4.90 Å². The molecular weight excluding hydrogens is 316 g/mol. The molecule has 1 saturated heterocycles. The number of carbonyl (C=O) groups excluding carboxylic acids is 1. The van der Waals surface area contributed by atoms with Crippen molar-refractivity contribution in [3.63, 3.8) is 0 Å². The van der Waals surface area contributed by atoms with E-state index in [9.17, 15) is 4.79 Å². The Morgan fingerprint density at radius 3 is 2.64 bits per heavy atom. The van der Waals surface area contributed by atoms with Gasteiger partial charge in [0, 0.05) is 16.6 Å². The SMILES string of the molecule is O=C1OCCN1c1ccc(-c2nc3ccccc3c3ccnn23)cc1. The monoisotopic (exact) mass is 330 g/mol. The van der Waals surface area contributed by atoms with Crippen molar-refractivity contribution < 1.29 is 9.53 Å². The fraction of sp³-hybridized carbons (Fsp3) is 0.105. The second kappa shape index (κ2) is 5.31. The Bertz CT molecular complexity index is 1100.